The summed E-state index contributed by atoms with van der Waals surface area (Å²) in [5, 5.41) is 3.77. The smallest absolute Gasteiger partial charge is 0.285 e. The molecule has 2 aromatic carbocycles. The minimum absolute atomic E-state index is 0.0185. The van der Waals surface area contributed by atoms with Gasteiger partial charge < -0.3 is 15.1 Å². The van der Waals surface area contributed by atoms with Gasteiger partial charge in [0.25, 0.3) is 10.0 Å². The van der Waals surface area contributed by atoms with Gasteiger partial charge in [0, 0.05) is 36.1 Å². The van der Waals surface area contributed by atoms with Crippen molar-refractivity contribution in [1.82, 2.24) is 15.1 Å². The molecular formula is C23H27ClN4O3S. The zero-order chi connectivity index (χ0) is 22.9. The third kappa shape index (κ3) is 4.53. The molecule has 32 heavy (non-hydrogen) atoms. The van der Waals surface area contributed by atoms with E-state index in [0.717, 1.165) is 5.56 Å². The van der Waals surface area contributed by atoms with Gasteiger partial charge in [0.05, 0.1) is 6.04 Å². The van der Waals surface area contributed by atoms with E-state index in [9.17, 15) is 13.2 Å². The lowest BCUT2D eigenvalue weighted by Crippen LogP contribution is -2.44. The molecule has 1 atom stereocenters. The van der Waals surface area contributed by atoms with Crippen LogP contribution >= 0.6 is 11.6 Å². The van der Waals surface area contributed by atoms with Crippen LogP contribution in [0.25, 0.3) is 0 Å². The second-order valence-electron chi connectivity index (χ2n) is 8.39. The van der Waals surface area contributed by atoms with Gasteiger partial charge in [0.2, 0.25) is 5.91 Å². The van der Waals surface area contributed by atoms with Crippen molar-refractivity contribution >= 4 is 33.4 Å². The highest BCUT2D eigenvalue weighted by Crippen LogP contribution is 2.30. The Hall–Kier alpha value is -2.42. The van der Waals surface area contributed by atoms with Crippen molar-refractivity contribution in [3.05, 3.63) is 64.7 Å². The van der Waals surface area contributed by atoms with Crippen molar-refractivity contribution in [3.8, 4) is 0 Å². The lowest BCUT2D eigenvalue weighted by atomic mass is 9.95. The van der Waals surface area contributed by atoms with Crippen LogP contribution < -0.4 is 5.32 Å². The molecule has 0 bridgehead atoms. The largest absolute Gasteiger partial charge is 0.355 e. The van der Waals surface area contributed by atoms with Gasteiger partial charge in [0.15, 0.2) is 5.84 Å². The Labute approximate surface area is 194 Å². The Morgan fingerprint density at radius 3 is 2.50 bits per heavy atom. The average Bonchev–Trinajstić information content (AvgIpc) is 3.06. The van der Waals surface area contributed by atoms with Crippen molar-refractivity contribution < 1.29 is 13.2 Å². The number of hydrogen-bond acceptors (Lipinski definition) is 5. The molecule has 2 aliphatic rings. The Morgan fingerprint density at radius 2 is 1.81 bits per heavy atom. The van der Waals surface area contributed by atoms with Gasteiger partial charge in [-0.25, -0.2) is 0 Å². The molecule has 170 valence electrons. The number of sulfonamides is 1. The Bertz CT molecular complexity index is 1140. The van der Waals surface area contributed by atoms with Crippen molar-refractivity contribution in [2.75, 3.05) is 33.7 Å². The molecule has 1 amide bonds. The fourth-order valence-corrected chi connectivity index (χ4v) is 5.82. The van der Waals surface area contributed by atoms with Gasteiger partial charge in [-0.2, -0.15) is 8.42 Å². The minimum Gasteiger partial charge on any atom is -0.355 e. The quantitative estimate of drug-likeness (QED) is 0.720. The standard InChI is InChI=1S/C23H27ClN4O3S/c1-27(2)20(17-7-3-5-9-19(17)24)15-25-23(29)16-11-13-28(14-12-16)22-18-8-4-6-10-21(18)32(30,31)26-22/h3-10,16,20H,11-15H2,1-2H3,(H,25,29)/t20-/m1/s1. The van der Waals surface area contributed by atoms with Crippen LogP contribution in [-0.4, -0.2) is 63.7 Å². The van der Waals surface area contributed by atoms with E-state index >= 15 is 0 Å². The molecular weight excluding hydrogens is 448 g/mol. The number of piperidine rings is 1. The average molecular weight is 475 g/mol. The first kappa shape index (κ1) is 22.8. The highest BCUT2D eigenvalue weighted by atomic mass is 35.5. The number of halogens is 1. The van der Waals surface area contributed by atoms with E-state index in [2.05, 4.69) is 9.71 Å². The first-order chi connectivity index (χ1) is 15.3. The summed E-state index contributed by atoms with van der Waals surface area (Å²) < 4.78 is 28.7. The van der Waals surface area contributed by atoms with E-state index in [1.54, 1.807) is 18.2 Å². The molecule has 0 aliphatic carbocycles. The molecule has 2 aromatic rings. The number of benzene rings is 2. The summed E-state index contributed by atoms with van der Waals surface area (Å²) in [5.74, 6) is 0.393. The molecule has 0 saturated carbocycles. The topological polar surface area (TPSA) is 82.1 Å². The molecule has 0 radical (unpaired) electrons. The number of likely N-dealkylation sites (N-methyl/N-ethyl adjacent to an activating group) is 1. The molecule has 7 nitrogen and oxygen atoms in total. The van der Waals surface area contributed by atoms with Crippen molar-refractivity contribution in [2.45, 2.75) is 23.8 Å². The van der Waals surface area contributed by atoms with E-state index in [-0.39, 0.29) is 22.8 Å². The lowest BCUT2D eigenvalue weighted by molar-refractivity contribution is -0.126. The monoisotopic (exact) mass is 474 g/mol. The lowest BCUT2D eigenvalue weighted by Gasteiger charge is -2.33. The van der Waals surface area contributed by atoms with Gasteiger partial charge in [0.1, 0.15) is 4.90 Å². The van der Waals surface area contributed by atoms with Gasteiger partial charge >= 0.3 is 0 Å². The van der Waals surface area contributed by atoms with E-state index in [0.29, 0.717) is 48.9 Å². The Morgan fingerprint density at radius 1 is 1.16 bits per heavy atom. The van der Waals surface area contributed by atoms with Crippen molar-refractivity contribution in [1.29, 1.82) is 0 Å². The van der Waals surface area contributed by atoms with Crippen LogP contribution in [0.2, 0.25) is 5.02 Å². The molecule has 4 rings (SSSR count). The molecule has 2 heterocycles. The Kier molecular flexibility index (Phi) is 6.55. The summed E-state index contributed by atoms with van der Waals surface area (Å²) in [6, 6.07) is 14.5. The fourth-order valence-electron chi connectivity index (χ4n) is 4.33. The summed E-state index contributed by atoms with van der Waals surface area (Å²) in [4.78, 5) is 17.1. The maximum atomic E-state index is 12.9. The predicted molar refractivity (Wildman–Crippen MR) is 125 cm³/mol. The highest BCUT2D eigenvalue weighted by Gasteiger charge is 2.34. The zero-order valence-corrected chi connectivity index (χ0v) is 19.7. The predicted octanol–water partition coefficient (Wildman–Crippen LogP) is 2.92. The number of fused-ring (bicyclic) bond motifs is 1. The molecule has 9 heteroatoms. The highest BCUT2D eigenvalue weighted by molar-refractivity contribution is 7.90. The van der Waals surface area contributed by atoms with Crippen LogP contribution in [0, 0.1) is 5.92 Å². The van der Waals surface area contributed by atoms with Crippen LogP contribution in [0.15, 0.2) is 57.8 Å². The first-order valence-electron chi connectivity index (χ1n) is 10.7. The maximum Gasteiger partial charge on any atom is 0.285 e. The van der Waals surface area contributed by atoms with Crippen LogP contribution in [0.1, 0.15) is 30.0 Å². The van der Waals surface area contributed by atoms with Crippen LogP contribution in [-0.2, 0) is 14.8 Å². The molecule has 0 aromatic heterocycles. The third-order valence-corrected chi connectivity index (χ3v) is 7.80. The molecule has 1 N–H and O–H groups in total. The molecule has 0 spiro atoms. The van der Waals surface area contributed by atoms with Crippen LogP contribution in [0.4, 0.5) is 0 Å². The molecule has 2 aliphatic heterocycles. The number of amidine groups is 1. The van der Waals surface area contributed by atoms with Crippen molar-refractivity contribution in [2.24, 2.45) is 10.3 Å². The van der Waals surface area contributed by atoms with Gasteiger partial charge in [-0.05, 0) is 50.7 Å². The first-order valence-corrected chi connectivity index (χ1v) is 12.5. The number of amides is 1. The molecule has 0 unspecified atom stereocenters. The molecule has 1 saturated heterocycles. The zero-order valence-electron chi connectivity index (χ0n) is 18.2. The number of nitrogens with one attached hydrogen (secondary N) is 1. The van der Waals surface area contributed by atoms with Crippen molar-refractivity contribution in [3.63, 3.8) is 0 Å². The maximum absolute atomic E-state index is 12.9. The second-order valence-corrected chi connectivity index (χ2v) is 10.4. The fraction of sp³-hybridized carbons (Fsp3) is 0.391. The molecule has 1 fully saturated rings. The SMILES string of the molecule is CN(C)[C@H](CNC(=O)C1CCN(C2=NS(=O)(=O)c3ccccc32)CC1)c1ccccc1Cl. The number of nitrogens with zero attached hydrogens (tertiary/aromatic N) is 3. The minimum atomic E-state index is -3.64. The number of hydrogen-bond donors (Lipinski definition) is 1. The van der Waals surface area contributed by atoms with E-state index < -0.39 is 10.0 Å². The summed E-state index contributed by atoms with van der Waals surface area (Å²) >= 11 is 6.36. The van der Waals surface area contributed by atoms with E-state index in [1.165, 1.54) is 0 Å². The third-order valence-electron chi connectivity index (χ3n) is 6.14. The summed E-state index contributed by atoms with van der Waals surface area (Å²) in [6.45, 7) is 1.64. The number of likely N-dealkylation sites (tertiary alicyclic amines) is 1. The van der Waals surface area contributed by atoms with Gasteiger partial charge in [-0.3, -0.25) is 4.79 Å². The van der Waals surface area contributed by atoms with Gasteiger partial charge in [-0.15, -0.1) is 4.40 Å². The van der Waals surface area contributed by atoms with E-state index in [4.69, 9.17) is 11.6 Å². The number of carbonyl (C=O) groups excluding carboxylic acids is 1. The summed E-state index contributed by atoms with van der Waals surface area (Å²) in [7, 11) is 0.292. The van der Waals surface area contributed by atoms with E-state index in [1.807, 2.05) is 54.2 Å². The summed E-state index contributed by atoms with van der Waals surface area (Å²) in [6.07, 6.45) is 1.29. The Balaban J connectivity index is 1.37. The van der Waals surface area contributed by atoms with Crippen LogP contribution in [0.3, 0.4) is 0 Å². The number of rotatable bonds is 5. The second kappa shape index (κ2) is 9.21. The van der Waals surface area contributed by atoms with Gasteiger partial charge in [-0.1, -0.05) is 41.9 Å². The number of carbonyl (C=O) groups is 1. The normalized spacial score (nSPS) is 18.9. The van der Waals surface area contributed by atoms with Crippen LogP contribution in [0.5, 0.6) is 0 Å². The summed E-state index contributed by atoms with van der Waals surface area (Å²) in [5.41, 5.74) is 1.62.